The number of fused-ring (bicyclic) bond motifs is 1. The van der Waals surface area contributed by atoms with Crippen molar-refractivity contribution in [2.24, 2.45) is 0 Å². The van der Waals surface area contributed by atoms with Gasteiger partial charge in [-0.25, -0.2) is 0 Å². The first-order valence-electron chi connectivity index (χ1n) is 10.7. The van der Waals surface area contributed by atoms with Crippen LogP contribution in [0, 0.1) is 0 Å². The summed E-state index contributed by atoms with van der Waals surface area (Å²) < 4.78 is 16.5. The van der Waals surface area contributed by atoms with E-state index in [4.69, 9.17) is 25.5 Å². The first kappa shape index (κ1) is 23.3. The van der Waals surface area contributed by atoms with Crippen molar-refractivity contribution in [3.8, 4) is 11.5 Å². The highest BCUT2D eigenvalue weighted by molar-refractivity contribution is 6.31. The third-order valence-corrected chi connectivity index (χ3v) is 5.63. The van der Waals surface area contributed by atoms with Gasteiger partial charge in [-0.2, -0.15) is 4.98 Å². The Bertz CT molecular complexity index is 1080. The van der Waals surface area contributed by atoms with E-state index in [1.807, 2.05) is 24.3 Å². The third kappa shape index (κ3) is 6.35. The zero-order valence-corrected chi connectivity index (χ0v) is 19.1. The molecule has 33 heavy (non-hydrogen) atoms. The molecular formula is C23H27ClN4O5. The van der Waals surface area contributed by atoms with E-state index >= 15 is 0 Å². The molecule has 1 aromatic heterocycles. The van der Waals surface area contributed by atoms with Crippen molar-refractivity contribution in [3.63, 3.8) is 0 Å². The number of amides is 1. The number of hydrogen-bond acceptors (Lipinski definition) is 8. The molecule has 0 saturated carbocycles. The van der Waals surface area contributed by atoms with E-state index in [0.29, 0.717) is 34.2 Å². The molecule has 2 aromatic carbocycles. The first-order chi connectivity index (χ1) is 16.0. The minimum atomic E-state index is -0.627. The molecule has 1 amide bonds. The van der Waals surface area contributed by atoms with E-state index in [2.05, 4.69) is 20.1 Å². The average molecular weight is 475 g/mol. The van der Waals surface area contributed by atoms with E-state index in [-0.39, 0.29) is 25.1 Å². The zero-order chi connectivity index (χ0) is 23.2. The average Bonchev–Trinajstić information content (AvgIpc) is 3.20. The second-order valence-corrected chi connectivity index (χ2v) is 8.31. The number of halogens is 1. The molecule has 1 aliphatic rings. The van der Waals surface area contributed by atoms with E-state index in [1.165, 1.54) is 0 Å². The predicted molar refractivity (Wildman–Crippen MR) is 125 cm³/mol. The van der Waals surface area contributed by atoms with Crippen LogP contribution in [-0.4, -0.2) is 84.9 Å². The van der Waals surface area contributed by atoms with Gasteiger partial charge < -0.3 is 19.0 Å². The Morgan fingerprint density at radius 3 is 2.67 bits per heavy atom. The SMILES string of the molecule is COc1ccccc1OCC(O)CN1CCN(CC(=O)Nc2nc3cc(Cl)ccc3o2)CC1. The maximum Gasteiger partial charge on any atom is 0.302 e. The summed E-state index contributed by atoms with van der Waals surface area (Å²) in [6.07, 6.45) is -0.627. The quantitative estimate of drug-likeness (QED) is 0.488. The van der Waals surface area contributed by atoms with Crippen molar-refractivity contribution in [1.29, 1.82) is 0 Å². The summed E-state index contributed by atoms with van der Waals surface area (Å²) in [5.41, 5.74) is 1.16. The van der Waals surface area contributed by atoms with Crippen molar-refractivity contribution in [1.82, 2.24) is 14.8 Å². The molecule has 10 heteroatoms. The van der Waals surface area contributed by atoms with Crippen LogP contribution in [0.2, 0.25) is 5.02 Å². The summed E-state index contributed by atoms with van der Waals surface area (Å²) in [5.74, 6) is 1.06. The fourth-order valence-corrected chi connectivity index (χ4v) is 3.89. The maximum absolute atomic E-state index is 12.4. The van der Waals surface area contributed by atoms with E-state index in [9.17, 15) is 9.90 Å². The van der Waals surface area contributed by atoms with Crippen molar-refractivity contribution in [3.05, 3.63) is 47.5 Å². The van der Waals surface area contributed by atoms with E-state index in [0.717, 1.165) is 26.2 Å². The number of ether oxygens (including phenoxy) is 2. The van der Waals surface area contributed by atoms with Gasteiger partial charge in [-0.1, -0.05) is 23.7 Å². The Balaban J connectivity index is 1.18. The van der Waals surface area contributed by atoms with Crippen LogP contribution >= 0.6 is 11.6 Å². The minimum Gasteiger partial charge on any atom is -0.493 e. The molecular weight excluding hydrogens is 448 g/mol. The second-order valence-electron chi connectivity index (χ2n) is 7.87. The van der Waals surface area contributed by atoms with Gasteiger partial charge in [-0.05, 0) is 30.3 Å². The fourth-order valence-electron chi connectivity index (χ4n) is 3.72. The van der Waals surface area contributed by atoms with Crippen LogP contribution in [0.15, 0.2) is 46.9 Å². The number of aliphatic hydroxyl groups is 1. The molecule has 0 spiro atoms. The standard InChI is InChI=1S/C23H27ClN4O5/c1-31-20-4-2-3-5-21(20)32-15-17(29)13-27-8-10-28(11-9-27)14-22(30)26-23-25-18-12-16(24)6-7-19(18)33-23/h2-7,12,17,29H,8-11,13-15H2,1H3,(H,25,26,30). The molecule has 0 aliphatic carbocycles. The normalized spacial score (nSPS) is 16.0. The highest BCUT2D eigenvalue weighted by Gasteiger charge is 2.22. The lowest BCUT2D eigenvalue weighted by Gasteiger charge is -2.35. The number of anilines is 1. The smallest absolute Gasteiger partial charge is 0.302 e. The number of piperazine rings is 1. The number of aromatic nitrogens is 1. The van der Waals surface area contributed by atoms with E-state index < -0.39 is 6.10 Å². The number of carbonyl (C=O) groups is 1. The number of benzene rings is 2. The Morgan fingerprint density at radius 1 is 1.18 bits per heavy atom. The molecule has 3 aromatic rings. The van der Waals surface area contributed by atoms with Gasteiger partial charge in [0.15, 0.2) is 17.1 Å². The molecule has 1 atom stereocenters. The Kier molecular flexibility index (Phi) is 7.66. The molecule has 0 bridgehead atoms. The molecule has 2 heterocycles. The monoisotopic (exact) mass is 474 g/mol. The zero-order valence-electron chi connectivity index (χ0n) is 18.4. The number of oxazole rings is 1. The largest absolute Gasteiger partial charge is 0.493 e. The summed E-state index contributed by atoms with van der Waals surface area (Å²) >= 11 is 5.96. The summed E-state index contributed by atoms with van der Waals surface area (Å²) in [5, 5.41) is 13.6. The lowest BCUT2D eigenvalue weighted by Crippen LogP contribution is -2.50. The summed E-state index contributed by atoms with van der Waals surface area (Å²) in [6, 6.07) is 12.6. The minimum absolute atomic E-state index is 0.161. The Hall–Kier alpha value is -2.85. The highest BCUT2D eigenvalue weighted by Crippen LogP contribution is 2.26. The summed E-state index contributed by atoms with van der Waals surface area (Å²) in [4.78, 5) is 20.9. The topological polar surface area (TPSA) is 100 Å². The number of nitrogens with zero attached hydrogens (tertiary/aromatic N) is 3. The van der Waals surface area contributed by atoms with Crippen LogP contribution in [0.25, 0.3) is 11.1 Å². The number of aliphatic hydroxyl groups excluding tert-OH is 1. The number of para-hydroxylation sites is 2. The molecule has 4 rings (SSSR count). The summed E-state index contributed by atoms with van der Waals surface area (Å²) in [6.45, 7) is 3.86. The lowest BCUT2D eigenvalue weighted by molar-refractivity contribution is -0.117. The van der Waals surface area contributed by atoms with Crippen molar-refractivity contribution >= 4 is 34.6 Å². The van der Waals surface area contributed by atoms with Crippen LogP contribution in [-0.2, 0) is 4.79 Å². The first-order valence-corrected chi connectivity index (χ1v) is 11.1. The van der Waals surface area contributed by atoms with Crippen LogP contribution in [0.4, 0.5) is 6.01 Å². The number of hydrogen-bond donors (Lipinski definition) is 2. The molecule has 2 N–H and O–H groups in total. The molecule has 1 aliphatic heterocycles. The van der Waals surface area contributed by atoms with Crippen LogP contribution in [0.3, 0.4) is 0 Å². The van der Waals surface area contributed by atoms with Crippen molar-refractivity contribution < 1.29 is 23.8 Å². The lowest BCUT2D eigenvalue weighted by atomic mass is 10.2. The van der Waals surface area contributed by atoms with Crippen molar-refractivity contribution in [2.45, 2.75) is 6.10 Å². The Morgan fingerprint density at radius 2 is 1.91 bits per heavy atom. The predicted octanol–water partition coefficient (Wildman–Crippen LogP) is 2.49. The van der Waals surface area contributed by atoms with Crippen LogP contribution in [0.1, 0.15) is 0 Å². The molecule has 1 saturated heterocycles. The van der Waals surface area contributed by atoms with Gasteiger partial charge in [-0.3, -0.25) is 19.9 Å². The molecule has 1 unspecified atom stereocenters. The number of β-amino-alcohol motifs (C(OH)–C–C–N with tert-alkyl or cyclic N) is 1. The number of nitrogens with one attached hydrogen (secondary N) is 1. The Labute approximate surface area is 196 Å². The molecule has 1 fully saturated rings. The third-order valence-electron chi connectivity index (χ3n) is 5.40. The fraction of sp³-hybridized carbons (Fsp3) is 0.391. The molecule has 0 radical (unpaired) electrons. The molecule has 176 valence electrons. The summed E-state index contributed by atoms with van der Waals surface area (Å²) in [7, 11) is 1.58. The van der Waals surface area contributed by atoms with Crippen LogP contribution in [0.5, 0.6) is 11.5 Å². The van der Waals surface area contributed by atoms with Gasteiger partial charge in [0.2, 0.25) is 5.91 Å². The molecule has 9 nitrogen and oxygen atoms in total. The van der Waals surface area contributed by atoms with Gasteiger partial charge in [0.25, 0.3) is 0 Å². The van der Waals surface area contributed by atoms with Gasteiger partial charge in [0.1, 0.15) is 18.2 Å². The number of carbonyl (C=O) groups excluding carboxylic acids is 1. The highest BCUT2D eigenvalue weighted by atomic mass is 35.5. The van der Waals surface area contributed by atoms with Gasteiger partial charge in [0.05, 0.1) is 13.7 Å². The van der Waals surface area contributed by atoms with Gasteiger partial charge in [-0.15, -0.1) is 0 Å². The van der Waals surface area contributed by atoms with Gasteiger partial charge >= 0.3 is 6.01 Å². The van der Waals surface area contributed by atoms with Gasteiger partial charge in [0, 0.05) is 37.7 Å². The number of methoxy groups -OCH3 is 1. The van der Waals surface area contributed by atoms with E-state index in [1.54, 1.807) is 25.3 Å². The van der Waals surface area contributed by atoms with Crippen LogP contribution < -0.4 is 14.8 Å². The second kappa shape index (κ2) is 10.8. The van der Waals surface area contributed by atoms with Crippen molar-refractivity contribution in [2.75, 3.05) is 58.3 Å². The number of rotatable bonds is 9. The maximum atomic E-state index is 12.4.